The molecule has 0 saturated heterocycles. The molecule has 0 unspecified atom stereocenters. The van der Waals surface area contributed by atoms with Crippen molar-refractivity contribution < 1.29 is 14.7 Å². The Morgan fingerprint density at radius 2 is 1.78 bits per heavy atom. The zero-order valence-corrected chi connectivity index (χ0v) is 11.4. The van der Waals surface area contributed by atoms with E-state index in [4.69, 9.17) is 5.11 Å². The maximum absolute atomic E-state index is 12.2. The summed E-state index contributed by atoms with van der Waals surface area (Å²) in [6.45, 7) is 7.51. The van der Waals surface area contributed by atoms with Gasteiger partial charge < -0.3 is 5.11 Å². The van der Waals surface area contributed by atoms with Crippen molar-refractivity contribution in [3.8, 4) is 0 Å². The van der Waals surface area contributed by atoms with Gasteiger partial charge in [0.2, 0.25) is 0 Å². The molecule has 1 rings (SSSR count). The van der Waals surface area contributed by atoms with E-state index in [9.17, 15) is 9.59 Å². The zero-order valence-electron chi connectivity index (χ0n) is 11.4. The van der Waals surface area contributed by atoms with Crippen LogP contribution >= 0.6 is 0 Å². The van der Waals surface area contributed by atoms with E-state index in [2.05, 4.69) is 0 Å². The van der Waals surface area contributed by atoms with E-state index in [0.717, 1.165) is 11.1 Å². The lowest BCUT2D eigenvalue weighted by Crippen LogP contribution is -2.21. The standard InChI is InChI=1S/C15H20O3/c1-10-6-5-7-12(11(10)2)13(16)8-15(3,4)9-14(17)18/h5-7H,8-9H2,1-4H3,(H,17,18). The summed E-state index contributed by atoms with van der Waals surface area (Å²) < 4.78 is 0. The van der Waals surface area contributed by atoms with Crippen LogP contribution in [-0.2, 0) is 4.79 Å². The third-order valence-corrected chi connectivity index (χ3v) is 3.17. The van der Waals surface area contributed by atoms with Gasteiger partial charge in [0, 0.05) is 12.0 Å². The zero-order chi connectivity index (χ0) is 13.9. The Hall–Kier alpha value is -1.64. The van der Waals surface area contributed by atoms with Crippen LogP contribution in [0.4, 0.5) is 0 Å². The van der Waals surface area contributed by atoms with Crippen molar-refractivity contribution in [3.63, 3.8) is 0 Å². The molecule has 0 atom stereocenters. The molecule has 0 spiro atoms. The predicted molar refractivity (Wildman–Crippen MR) is 70.9 cm³/mol. The average Bonchev–Trinajstić information content (AvgIpc) is 2.18. The van der Waals surface area contributed by atoms with Crippen LogP contribution in [0.5, 0.6) is 0 Å². The van der Waals surface area contributed by atoms with Gasteiger partial charge in [-0.25, -0.2) is 0 Å². The second-order valence-electron chi connectivity index (χ2n) is 5.58. The summed E-state index contributed by atoms with van der Waals surface area (Å²) in [5.41, 5.74) is 2.25. The van der Waals surface area contributed by atoms with Gasteiger partial charge >= 0.3 is 5.97 Å². The second kappa shape index (κ2) is 5.34. The highest BCUT2D eigenvalue weighted by molar-refractivity contribution is 5.98. The molecule has 3 heteroatoms. The SMILES string of the molecule is Cc1cccc(C(=O)CC(C)(C)CC(=O)O)c1C. The summed E-state index contributed by atoms with van der Waals surface area (Å²) in [4.78, 5) is 23.0. The van der Waals surface area contributed by atoms with E-state index in [0.29, 0.717) is 5.56 Å². The minimum atomic E-state index is -0.867. The molecule has 0 fully saturated rings. The van der Waals surface area contributed by atoms with Gasteiger partial charge in [0.1, 0.15) is 0 Å². The van der Waals surface area contributed by atoms with Gasteiger partial charge in [0.15, 0.2) is 5.78 Å². The number of carboxylic acids is 1. The van der Waals surface area contributed by atoms with E-state index in [1.165, 1.54) is 0 Å². The minimum absolute atomic E-state index is 0.00357. The van der Waals surface area contributed by atoms with Gasteiger partial charge in [-0.1, -0.05) is 32.0 Å². The first-order chi connectivity index (χ1) is 8.23. The van der Waals surface area contributed by atoms with E-state index < -0.39 is 11.4 Å². The third-order valence-electron chi connectivity index (χ3n) is 3.17. The molecule has 0 radical (unpaired) electrons. The van der Waals surface area contributed by atoms with Gasteiger partial charge in [0.25, 0.3) is 0 Å². The van der Waals surface area contributed by atoms with Gasteiger partial charge in [-0.05, 0) is 30.4 Å². The number of aliphatic carboxylic acids is 1. The Morgan fingerprint density at radius 3 is 2.33 bits per heavy atom. The highest BCUT2D eigenvalue weighted by Gasteiger charge is 2.26. The maximum Gasteiger partial charge on any atom is 0.303 e. The molecule has 3 nitrogen and oxygen atoms in total. The lowest BCUT2D eigenvalue weighted by atomic mass is 9.82. The number of hydrogen-bond donors (Lipinski definition) is 1. The maximum atomic E-state index is 12.2. The van der Waals surface area contributed by atoms with Crippen molar-refractivity contribution in [2.24, 2.45) is 5.41 Å². The van der Waals surface area contributed by atoms with Crippen molar-refractivity contribution in [1.29, 1.82) is 0 Å². The monoisotopic (exact) mass is 248 g/mol. The molecule has 0 aliphatic heterocycles. The Kier molecular flexibility index (Phi) is 4.28. The molecule has 0 aromatic heterocycles. The van der Waals surface area contributed by atoms with Crippen molar-refractivity contribution in [1.82, 2.24) is 0 Å². The average molecular weight is 248 g/mol. The number of hydrogen-bond acceptors (Lipinski definition) is 2. The highest BCUT2D eigenvalue weighted by atomic mass is 16.4. The molecule has 0 saturated carbocycles. The van der Waals surface area contributed by atoms with Crippen molar-refractivity contribution in [3.05, 3.63) is 34.9 Å². The molecule has 1 aromatic carbocycles. The molecule has 1 N–H and O–H groups in total. The Bertz CT molecular complexity index is 473. The second-order valence-corrected chi connectivity index (χ2v) is 5.58. The number of carbonyl (C=O) groups is 2. The smallest absolute Gasteiger partial charge is 0.303 e. The minimum Gasteiger partial charge on any atom is -0.481 e. The lowest BCUT2D eigenvalue weighted by molar-refractivity contribution is -0.139. The number of benzene rings is 1. The molecule has 0 heterocycles. The van der Waals surface area contributed by atoms with E-state index in [1.54, 1.807) is 0 Å². The summed E-state index contributed by atoms with van der Waals surface area (Å²) in [5, 5.41) is 8.82. The number of aryl methyl sites for hydroxylation is 1. The fourth-order valence-electron chi connectivity index (χ4n) is 2.05. The summed E-state index contributed by atoms with van der Waals surface area (Å²) in [6.07, 6.45) is 0.257. The molecule has 0 amide bonds. The van der Waals surface area contributed by atoms with Gasteiger partial charge in [-0.3, -0.25) is 9.59 Å². The van der Waals surface area contributed by atoms with Crippen molar-refractivity contribution in [2.75, 3.05) is 0 Å². The third kappa shape index (κ3) is 3.69. The molecule has 0 bridgehead atoms. The van der Waals surface area contributed by atoms with Crippen molar-refractivity contribution in [2.45, 2.75) is 40.5 Å². The van der Waals surface area contributed by atoms with Crippen LogP contribution in [0.1, 0.15) is 48.2 Å². The number of rotatable bonds is 5. The van der Waals surface area contributed by atoms with Crippen LogP contribution in [0.15, 0.2) is 18.2 Å². The van der Waals surface area contributed by atoms with Crippen LogP contribution in [0.2, 0.25) is 0 Å². The van der Waals surface area contributed by atoms with Crippen LogP contribution in [0.3, 0.4) is 0 Å². The molecule has 18 heavy (non-hydrogen) atoms. The van der Waals surface area contributed by atoms with Crippen LogP contribution in [0, 0.1) is 19.3 Å². The molecular weight excluding hydrogens is 228 g/mol. The quantitative estimate of drug-likeness (QED) is 0.813. The first-order valence-electron chi connectivity index (χ1n) is 6.04. The van der Waals surface area contributed by atoms with Crippen molar-refractivity contribution >= 4 is 11.8 Å². The molecule has 0 aliphatic carbocycles. The number of carbonyl (C=O) groups excluding carboxylic acids is 1. The van der Waals surface area contributed by atoms with Crippen LogP contribution in [-0.4, -0.2) is 16.9 Å². The summed E-state index contributed by atoms with van der Waals surface area (Å²) >= 11 is 0. The number of ketones is 1. The number of Topliss-reactive ketones (excluding diaryl/α,β-unsaturated/α-hetero) is 1. The van der Waals surface area contributed by atoms with E-state index in [-0.39, 0.29) is 18.6 Å². The summed E-state index contributed by atoms with van der Waals surface area (Å²) in [7, 11) is 0. The molecule has 0 aliphatic rings. The van der Waals surface area contributed by atoms with Gasteiger partial charge in [-0.15, -0.1) is 0 Å². The predicted octanol–water partition coefficient (Wildman–Crippen LogP) is 3.38. The molecular formula is C15H20O3. The fourth-order valence-corrected chi connectivity index (χ4v) is 2.05. The summed E-state index contributed by atoms with van der Waals surface area (Å²) in [6, 6.07) is 5.63. The topological polar surface area (TPSA) is 54.4 Å². The Balaban J connectivity index is 2.89. The first-order valence-corrected chi connectivity index (χ1v) is 6.04. The van der Waals surface area contributed by atoms with E-state index >= 15 is 0 Å². The van der Waals surface area contributed by atoms with Gasteiger partial charge in [-0.2, -0.15) is 0 Å². The number of carboxylic acid groups (broad SMARTS) is 1. The highest BCUT2D eigenvalue weighted by Crippen LogP contribution is 2.28. The molecule has 1 aromatic rings. The Labute approximate surface area is 108 Å². The first kappa shape index (κ1) is 14.4. The molecule has 98 valence electrons. The fraction of sp³-hybridized carbons (Fsp3) is 0.467. The van der Waals surface area contributed by atoms with Gasteiger partial charge in [0.05, 0.1) is 6.42 Å². The summed E-state index contributed by atoms with van der Waals surface area (Å²) in [5.74, 6) is -0.851. The lowest BCUT2D eigenvalue weighted by Gasteiger charge is -2.21. The van der Waals surface area contributed by atoms with Crippen LogP contribution < -0.4 is 0 Å². The largest absolute Gasteiger partial charge is 0.481 e. The Morgan fingerprint density at radius 1 is 1.17 bits per heavy atom. The normalized spacial score (nSPS) is 11.3. The van der Waals surface area contributed by atoms with E-state index in [1.807, 2.05) is 45.9 Å². The van der Waals surface area contributed by atoms with Crippen LogP contribution in [0.25, 0.3) is 0 Å².